The monoisotopic (exact) mass is 711 g/mol. The molecule has 4 N–H and O–H groups in total. The summed E-state index contributed by atoms with van der Waals surface area (Å²) >= 11 is 0. The van der Waals surface area contributed by atoms with Crippen LogP contribution in [0.4, 0.5) is 4.79 Å². The average Bonchev–Trinajstić information content (AvgIpc) is 3.72. The van der Waals surface area contributed by atoms with Crippen molar-refractivity contribution < 1.29 is 33.8 Å². The number of carbonyl (C=O) groups excluding carboxylic acids is 3. The maximum atomic E-state index is 14.1. The molecule has 0 radical (unpaired) electrons. The molecule has 2 aromatic carbocycles. The first-order valence-electron chi connectivity index (χ1n) is 18.3. The Kier molecular flexibility index (Phi) is 11.0. The van der Waals surface area contributed by atoms with E-state index in [9.17, 15) is 24.3 Å². The Bertz CT molecular complexity index is 1810. The number of urea groups is 1. The van der Waals surface area contributed by atoms with Crippen molar-refractivity contribution in [1.82, 2.24) is 25.8 Å². The minimum Gasteiger partial charge on any atom is -0.497 e. The Morgan fingerprint density at radius 3 is 2.48 bits per heavy atom. The third-order valence-corrected chi connectivity index (χ3v) is 10.7. The van der Waals surface area contributed by atoms with Gasteiger partial charge in [-0.3, -0.25) is 9.59 Å². The van der Waals surface area contributed by atoms with Crippen molar-refractivity contribution in [3.8, 4) is 22.8 Å². The molecule has 52 heavy (non-hydrogen) atoms. The van der Waals surface area contributed by atoms with Crippen molar-refractivity contribution in [2.45, 2.75) is 82.5 Å². The molecule has 3 aromatic rings. The van der Waals surface area contributed by atoms with Crippen LogP contribution in [0.15, 0.2) is 67.3 Å². The summed E-state index contributed by atoms with van der Waals surface area (Å²) in [6.07, 6.45) is 6.84. The summed E-state index contributed by atoms with van der Waals surface area (Å²) in [5.41, 5.74) is 0.710. The van der Waals surface area contributed by atoms with Gasteiger partial charge >= 0.3 is 12.0 Å². The van der Waals surface area contributed by atoms with E-state index >= 15 is 0 Å². The van der Waals surface area contributed by atoms with E-state index in [1.807, 2.05) is 68.4 Å². The fourth-order valence-electron chi connectivity index (χ4n) is 7.51. The van der Waals surface area contributed by atoms with Crippen LogP contribution in [-0.4, -0.2) is 82.7 Å². The van der Waals surface area contributed by atoms with Crippen molar-refractivity contribution >= 4 is 34.7 Å². The zero-order valence-electron chi connectivity index (χ0n) is 30.1. The summed E-state index contributed by atoms with van der Waals surface area (Å²) in [6.45, 7) is 8.02. The number of nitrogens with zero attached hydrogens (tertiary/aromatic N) is 2. The van der Waals surface area contributed by atoms with Crippen molar-refractivity contribution in [3.05, 3.63) is 67.3 Å². The SMILES string of the molecule is C=CC1C[C@]1(NC(=O)[C@@H]1C[C@@H](Oc2cc(-c3ccccc3)nc3cc(OC)ccc23)CN1C(=O)N[C@H](C(=O)NCC1CCCCC1)C(C)C)C(=O)O. The van der Waals surface area contributed by atoms with Crippen molar-refractivity contribution in [2.75, 3.05) is 20.2 Å². The van der Waals surface area contributed by atoms with E-state index in [2.05, 4.69) is 22.5 Å². The number of hydrogen-bond acceptors (Lipinski definition) is 7. The molecule has 3 aliphatic rings. The maximum absolute atomic E-state index is 14.1. The zero-order chi connectivity index (χ0) is 37.0. The number of aromatic nitrogens is 1. The number of aliphatic carboxylic acids is 1. The van der Waals surface area contributed by atoms with Gasteiger partial charge in [0.25, 0.3) is 0 Å². The number of fused-ring (bicyclic) bond motifs is 1. The van der Waals surface area contributed by atoms with Crippen LogP contribution >= 0.6 is 0 Å². The predicted octanol–water partition coefficient (Wildman–Crippen LogP) is 5.31. The van der Waals surface area contributed by atoms with Gasteiger partial charge in [-0.1, -0.05) is 69.5 Å². The fourth-order valence-corrected chi connectivity index (χ4v) is 7.51. The standard InChI is InChI=1S/C40H49N5O7/c1-5-27-21-40(27,38(48)49)44-36(46)33-19-29(23-45(33)39(50)43-35(24(2)3)37(47)41-22-25-12-8-6-9-13-25)52-34-20-31(26-14-10-7-11-15-26)42-32-18-28(51-4)16-17-30(32)34/h5,7,10-11,14-18,20,24-25,27,29,33,35H,1,6,8-9,12-13,19,21-23H2,2-4H3,(H,41,47)(H,43,50)(H,44,46)(H,48,49)/t27?,29-,33+,35+,40-/m1/s1. The minimum atomic E-state index is -1.48. The van der Waals surface area contributed by atoms with Crippen molar-refractivity contribution in [1.29, 1.82) is 0 Å². The number of carbonyl (C=O) groups is 4. The van der Waals surface area contributed by atoms with Crippen LogP contribution in [-0.2, 0) is 14.4 Å². The first-order valence-corrected chi connectivity index (χ1v) is 18.3. The van der Waals surface area contributed by atoms with Gasteiger partial charge in [-0.25, -0.2) is 14.6 Å². The Morgan fingerprint density at radius 2 is 1.83 bits per heavy atom. The fraction of sp³-hybridized carbons (Fsp3) is 0.475. The van der Waals surface area contributed by atoms with Gasteiger partial charge in [-0.05, 0) is 43.2 Å². The normalized spacial score (nSPS) is 23.5. The van der Waals surface area contributed by atoms with E-state index in [1.165, 1.54) is 17.4 Å². The Labute approximate surface area is 304 Å². The van der Waals surface area contributed by atoms with Gasteiger partial charge in [-0.15, -0.1) is 6.58 Å². The van der Waals surface area contributed by atoms with E-state index in [-0.39, 0.29) is 31.2 Å². The van der Waals surface area contributed by atoms with Gasteiger partial charge in [0, 0.05) is 42.0 Å². The lowest BCUT2D eigenvalue weighted by molar-refractivity contribution is -0.144. The Hall–Kier alpha value is -5.13. The molecule has 0 spiro atoms. The molecule has 2 aliphatic carbocycles. The highest BCUT2D eigenvalue weighted by molar-refractivity contribution is 5.95. The molecule has 12 nitrogen and oxygen atoms in total. The number of amides is 4. The van der Waals surface area contributed by atoms with Crippen molar-refractivity contribution in [3.63, 3.8) is 0 Å². The van der Waals surface area contributed by atoms with Gasteiger partial charge in [-0.2, -0.15) is 0 Å². The molecule has 2 saturated carbocycles. The molecule has 2 heterocycles. The van der Waals surface area contributed by atoms with Crippen molar-refractivity contribution in [2.24, 2.45) is 17.8 Å². The largest absolute Gasteiger partial charge is 0.497 e. The highest BCUT2D eigenvalue weighted by Crippen LogP contribution is 2.45. The van der Waals surface area contributed by atoms with Crippen LogP contribution in [0.25, 0.3) is 22.2 Å². The third kappa shape index (κ3) is 7.85. The number of ether oxygens (including phenoxy) is 2. The number of methoxy groups -OCH3 is 1. The smallest absolute Gasteiger partial charge is 0.330 e. The van der Waals surface area contributed by atoms with E-state index < -0.39 is 47.6 Å². The number of pyridine rings is 1. The number of nitrogens with one attached hydrogen (secondary N) is 3. The summed E-state index contributed by atoms with van der Waals surface area (Å²) in [5.74, 6) is -1.14. The van der Waals surface area contributed by atoms with E-state index in [4.69, 9.17) is 14.5 Å². The summed E-state index contributed by atoms with van der Waals surface area (Å²) in [4.78, 5) is 59.9. The van der Waals surface area contributed by atoms with Crippen LogP contribution in [0.2, 0.25) is 0 Å². The highest BCUT2D eigenvalue weighted by atomic mass is 16.5. The molecule has 3 fully saturated rings. The summed E-state index contributed by atoms with van der Waals surface area (Å²) < 4.78 is 12.1. The first-order chi connectivity index (χ1) is 25.0. The second-order valence-corrected chi connectivity index (χ2v) is 14.6. The number of benzene rings is 2. The molecule has 6 rings (SSSR count). The Morgan fingerprint density at radius 1 is 1.08 bits per heavy atom. The predicted molar refractivity (Wildman–Crippen MR) is 197 cm³/mol. The second-order valence-electron chi connectivity index (χ2n) is 14.6. The van der Waals surface area contributed by atoms with Gasteiger partial charge in [0.1, 0.15) is 35.2 Å². The van der Waals surface area contributed by atoms with Crippen LogP contribution in [0.5, 0.6) is 11.5 Å². The molecular weight excluding hydrogens is 662 g/mol. The number of hydrogen-bond donors (Lipinski definition) is 4. The summed E-state index contributed by atoms with van der Waals surface area (Å²) in [5, 5.41) is 19.4. The topological polar surface area (TPSA) is 159 Å². The van der Waals surface area contributed by atoms with Gasteiger partial charge in [0.05, 0.1) is 24.9 Å². The molecular formula is C40H49N5O7. The average molecular weight is 712 g/mol. The van der Waals surface area contributed by atoms with Gasteiger partial charge < -0.3 is 35.4 Å². The lowest BCUT2D eigenvalue weighted by atomic mass is 9.89. The quantitative estimate of drug-likeness (QED) is 0.174. The number of carboxylic acids is 1. The van der Waals surface area contributed by atoms with Crippen LogP contribution in [0.1, 0.15) is 58.8 Å². The molecule has 1 unspecified atom stereocenters. The van der Waals surface area contributed by atoms with E-state index in [0.717, 1.165) is 36.6 Å². The maximum Gasteiger partial charge on any atom is 0.330 e. The molecule has 0 bridgehead atoms. The lowest BCUT2D eigenvalue weighted by Gasteiger charge is -2.29. The third-order valence-electron chi connectivity index (χ3n) is 10.7. The molecule has 1 aliphatic heterocycles. The molecule has 1 aromatic heterocycles. The first kappa shape index (κ1) is 36.7. The minimum absolute atomic E-state index is 0.0179. The van der Waals surface area contributed by atoms with Gasteiger partial charge in [0.15, 0.2) is 0 Å². The number of carboxylic acid groups (broad SMARTS) is 1. The number of rotatable bonds is 13. The zero-order valence-corrected chi connectivity index (χ0v) is 30.1. The second kappa shape index (κ2) is 15.6. The molecule has 1 saturated heterocycles. The molecule has 5 atom stereocenters. The van der Waals surface area contributed by atoms with Gasteiger partial charge in [0.2, 0.25) is 11.8 Å². The van der Waals surface area contributed by atoms with E-state index in [1.54, 1.807) is 7.11 Å². The van der Waals surface area contributed by atoms with E-state index in [0.29, 0.717) is 35.2 Å². The highest BCUT2D eigenvalue weighted by Gasteiger charge is 2.61. The number of likely N-dealkylation sites (tertiary alicyclic amines) is 1. The van der Waals surface area contributed by atoms with Crippen LogP contribution in [0, 0.1) is 17.8 Å². The molecule has 12 heteroatoms. The molecule has 276 valence electrons. The summed E-state index contributed by atoms with van der Waals surface area (Å²) in [7, 11) is 1.58. The lowest BCUT2D eigenvalue weighted by Crippen LogP contribution is -2.58. The van der Waals surface area contributed by atoms with Crippen LogP contribution in [0.3, 0.4) is 0 Å². The molecule has 4 amide bonds. The Balaban J connectivity index is 1.26. The summed E-state index contributed by atoms with van der Waals surface area (Å²) in [6, 6.07) is 14.5. The van der Waals surface area contributed by atoms with Crippen LogP contribution < -0.4 is 25.4 Å².